The van der Waals surface area contributed by atoms with Gasteiger partial charge in [0.25, 0.3) is 0 Å². The summed E-state index contributed by atoms with van der Waals surface area (Å²) >= 11 is 3.27. The number of rotatable bonds is 6. The number of methoxy groups -OCH3 is 1. The van der Waals surface area contributed by atoms with Crippen LogP contribution in [0.3, 0.4) is 0 Å². The number of anilines is 1. The predicted octanol–water partition coefficient (Wildman–Crippen LogP) is 4.21. The molecule has 5 nitrogen and oxygen atoms in total. The number of ether oxygens (including phenoxy) is 1. The van der Waals surface area contributed by atoms with Crippen molar-refractivity contribution in [3.8, 4) is 15.6 Å². The van der Waals surface area contributed by atoms with E-state index < -0.39 is 0 Å². The van der Waals surface area contributed by atoms with Gasteiger partial charge in [-0.3, -0.25) is 4.79 Å². The second-order valence-corrected chi connectivity index (χ2v) is 8.63. The second-order valence-electron chi connectivity index (χ2n) is 6.82. The second kappa shape index (κ2) is 8.75. The molecule has 3 aromatic rings. The van der Waals surface area contributed by atoms with E-state index in [0.717, 1.165) is 47.3 Å². The van der Waals surface area contributed by atoms with Gasteiger partial charge in [0, 0.05) is 30.2 Å². The average Bonchev–Trinajstić information content (AvgIpc) is 3.40. The van der Waals surface area contributed by atoms with E-state index >= 15 is 0 Å². The van der Waals surface area contributed by atoms with E-state index in [9.17, 15) is 4.79 Å². The van der Waals surface area contributed by atoms with Crippen LogP contribution in [0.4, 0.5) is 5.69 Å². The van der Waals surface area contributed by atoms with Gasteiger partial charge in [-0.1, -0.05) is 6.07 Å². The lowest BCUT2D eigenvalue weighted by Gasteiger charge is -2.34. The molecule has 0 aliphatic carbocycles. The van der Waals surface area contributed by atoms with Crippen molar-refractivity contribution in [2.24, 2.45) is 0 Å². The minimum absolute atomic E-state index is 0.0610. The number of nitrogens with one attached hydrogen (secondary N) is 1. The molecule has 146 valence electrons. The molecule has 1 aliphatic heterocycles. The Balaban J connectivity index is 1.26. The molecule has 0 radical (unpaired) electrons. The molecule has 7 heteroatoms. The molecule has 0 unspecified atom stereocenters. The van der Waals surface area contributed by atoms with E-state index in [1.807, 2.05) is 29.0 Å². The number of thiazole rings is 1. The summed E-state index contributed by atoms with van der Waals surface area (Å²) in [6.07, 6.45) is 2.26. The molecule has 2 aromatic heterocycles. The number of carbonyl (C=O) groups is 1. The molecule has 0 atom stereocenters. The zero-order valence-corrected chi connectivity index (χ0v) is 17.4. The molecule has 1 aliphatic rings. The molecule has 1 fully saturated rings. The average molecular weight is 414 g/mol. The zero-order chi connectivity index (χ0) is 19.3. The molecule has 1 aromatic carbocycles. The fourth-order valence-electron chi connectivity index (χ4n) is 3.42. The van der Waals surface area contributed by atoms with E-state index in [0.29, 0.717) is 6.42 Å². The van der Waals surface area contributed by atoms with Gasteiger partial charge in [0.1, 0.15) is 10.8 Å². The van der Waals surface area contributed by atoms with Crippen LogP contribution in [-0.2, 0) is 11.2 Å². The molecule has 1 N–H and O–H groups in total. The van der Waals surface area contributed by atoms with Crippen LogP contribution in [0.2, 0.25) is 0 Å². The maximum Gasteiger partial charge on any atom is 0.226 e. The van der Waals surface area contributed by atoms with Gasteiger partial charge in [0.15, 0.2) is 0 Å². The summed E-state index contributed by atoms with van der Waals surface area (Å²) in [5.74, 6) is 0.932. The molecule has 28 heavy (non-hydrogen) atoms. The summed E-state index contributed by atoms with van der Waals surface area (Å²) in [6.45, 7) is 1.88. The van der Waals surface area contributed by atoms with Crippen LogP contribution in [0.5, 0.6) is 5.75 Å². The van der Waals surface area contributed by atoms with Gasteiger partial charge in [-0.05, 0) is 48.6 Å². The van der Waals surface area contributed by atoms with Crippen molar-refractivity contribution in [2.45, 2.75) is 25.3 Å². The number of benzene rings is 1. The van der Waals surface area contributed by atoms with Gasteiger partial charge in [-0.2, -0.15) is 0 Å². The third-order valence-corrected chi connectivity index (χ3v) is 6.85. The number of nitrogens with zero attached hydrogens (tertiary/aromatic N) is 2. The fourth-order valence-corrected chi connectivity index (χ4v) is 5.05. The summed E-state index contributed by atoms with van der Waals surface area (Å²) in [5.41, 5.74) is 2.05. The molecular weight excluding hydrogens is 390 g/mol. The number of amides is 1. The van der Waals surface area contributed by atoms with Crippen LogP contribution >= 0.6 is 22.7 Å². The van der Waals surface area contributed by atoms with Crippen LogP contribution in [0, 0.1) is 0 Å². The van der Waals surface area contributed by atoms with Crippen LogP contribution in [-0.4, -0.2) is 37.1 Å². The lowest BCUT2D eigenvalue weighted by molar-refractivity contribution is -0.121. The van der Waals surface area contributed by atoms with Crippen molar-refractivity contribution in [3.05, 3.63) is 52.9 Å². The molecule has 3 heterocycles. The van der Waals surface area contributed by atoms with Gasteiger partial charge < -0.3 is 15.0 Å². The number of piperidine rings is 1. The molecule has 1 amide bonds. The maximum atomic E-state index is 12.4. The molecular formula is C21H23N3O2S2. The van der Waals surface area contributed by atoms with E-state index in [4.69, 9.17) is 4.74 Å². The Morgan fingerprint density at radius 3 is 2.68 bits per heavy atom. The maximum absolute atomic E-state index is 12.4. The summed E-state index contributed by atoms with van der Waals surface area (Å²) < 4.78 is 5.22. The summed E-state index contributed by atoms with van der Waals surface area (Å²) in [6, 6.07) is 12.5. The largest absolute Gasteiger partial charge is 0.497 e. The van der Waals surface area contributed by atoms with E-state index in [1.165, 1.54) is 5.69 Å². The van der Waals surface area contributed by atoms with Gasteiger partial charge in [0.2, 0.25) is 5.91 Å². The highest BCUT2D eigenvalue weighted by molar-refractivity contribution is 7.20. The first-order valence-corrected chi connectivity index (χ1v) is 11.1. The SMILES string of the molecule is COc1ccc(N2CCC(NC(=O)Cc3csc(-c4cccs4)n3)CC2)cc1. The monoisotopic (exact) mass is 413 g/mol. The Bertz CT molecular complexity index is 898. The third kappa shape index (κ3) is 4.54. The van der Waals surface area contributed by atoms with Gasteiger partial charge in [-0.25, -0.2) is 4.98 Å². The number of aromatic nitrogens is 1. The van der Waals surface area contributed by atoms with Crippen LogP contribution in [0.25, 0.3) is 9.88 Å². The molecule has 0 bridgehead atoms. The highest BCUT2D eigenvalue weighted by atomic mass is 32.1. The Kier molecular flexibility index (Phi) is 5.92. The summed E-state index contributed by atoms with van der Waals surface area (Å²) in [7, 11) is 1.68. The number of carbonyl (C=O) groups excluding carboxylic acids is 1. The topological polar surface area (TPSA) is 54.5 Å². The number of thiophene rings is 1. The van der Waals surface area contributed by atoms with Crippen LogP contribution in [0.15, 0.2) is 47.2 Å². The van der Waals surface area contributed by atoms with E-state index in [-0.39, 0.29) is 11.9 Å². The smallest absolute Gasteiger partial charge is 0.226 e. The van der Waals surface area contributed by atoms with Crippen molar-refractivity contribution in [2.75, 3.05) is 25.1 Å². The number of hydrogen-bond acceptors (Lipinski definition) is 6. The Labute approximate surface area is 173 Å². The lowest BCUT2D eigenvalue weighted by atomic mass is 10.0. The van der Waals surface area contributed by atoms with E-state index in [2.05, 4.69) is 33.4 Å². The van der Waals surface area contributed by atoms with Crippen molar-refractivity contribution in [1.29, 1.82) is 0 Å². The Morgan fingerprint density at radius 2 is 2.00 bits per heavy atom. The van der Waals surface area contributed by atoms with E-state index in [1.54, 1.807) is 29.8 Å². The predicted molar refractivity (Wildman–Crippen MR) is 116 cm³/mol. The van der Waals surface area contributed by atoms with Gasteiger partial charge in [0.05, 0.1) is 24.1 Å². The fraction of sp³-hybridized carbons (Fsp3) is 0.333. The molecule has 1 saturated heterocycles. The van der Waals surface area contributed by atoms with Crippen molar-refractivity contribution in [1.82, 2.24) is 10.3 Å². The minimum atomic E-state index is 0.0610. The normalized spacial score (nSPS) is 14.8. The standard InChI is InChI=1S/C21H23N3O2S2/c1-26-18-6-4-17(5-7-18)24-10-8-15(9-11-24)22-20(25)13-16-14-28-21(23-16)19-3-2-12-27-19/h2-7,12,14-15H,8-11,13H2,1H3,(H,22,25). The van der Waals surface area contributed by atoms with Crippen molar-refractivity contribution >= 4 is 34.3 Å². The summed E-state index contributed by atoms with van der Waals surface area (Å²) in [4.78, 5) is 20.5. The lowest BCUT2D eigenvalue weighted by Crippen LogP contribution is -2.45. The Morgan fingerprint density at radius 1 is 1.21 bits per heavy atom. The van der Waals surface area contributed by atoms with Crippen molar-refractivity contribution in [3.63, 3.8) is 0 Å². The molecule has 4 rings (SSSR count). The van der Waals surface area contributed by atoms with Crippen LogP contribution < -0.4 is 15.0 Å². The zero-order valence-electron chi connectivity index (χ0n) is 15.8. The first-order chi connectivity index (χ1) is 13.7. The molecule has 0 saturated carbocycles. The van der Waals surface area contributed by atoms with Gasteiger partial charge in [-0.15, -0.1) is 22.7 Å². The Hall–Kier alpha value is -2.38. The van der Waals surface area contributed by atoms with Crippen LogP contribution in [0.1, 0.15) is 18.5 Å². The highest BCUT2D eigenvalue weighted by Gasteiger charge is 2.21. The highest BCUT2D eigenvalue weighted by Crippen LogP contribution is 2.28. The summed E-state index contributed by atoms with van der Waals surface area (Å²) in [5, 5.41) is 8.20. The van der Waals surface area contributed by atoms with Crippen molar-refractivity contribution < 1.29 is 9.53 Å². The first-order valence-electron chi connectivity index (χ1n) is 9.38. The quantitative estimate of drug-likeness (QED) is 0.658. The molecule has 0 spiro atoms. The number of hydrogen-bond donors (Lipinski definition) is 1. The first kappa shape index (κ1) is 19.0. The minimum Gasteiger partial charge on any atom is -0.497 e. The third-order valence-electron chi connectivity index (χ3n) is 4.92. The van der Waals surface area contributed by atoms with Gasteiger partial charge >= 0.3 is 0 Å².